The Balaban J connectivity index is 3.31. The molecule has 0 radical (unpaired) electrons. The molecule has 0 aliphatic heterocycles. The molecule has 4 nitrogen and oxygen atoms in total. The fraction of sp³-hybridized carbons (Fsp3) is 0.977. The molecule has 0 heterocycles. The lowest BCUT2D eigenvalue weighted by Gasteiger charge is -2.16. The van der Waals surface area contributed by atoms with Gasteiger partial charge in [-0.3, -0.25) is 4.79 Å². The number of ether oxygens (including phenoxy) is 2. The van der Waals surface area contributed by atoms with Crippen LogP contribution in [0.15, 0.2) is 0 Å². The Labute approximate surface area is 302 Å². The normalized spacial score (nSPS) is 12.1. The van der Waals surface area contributed by atoms with E-state index in [-0.39, 0.29) is 12.6 Å². The molecule has 0 amide bonds. The van der Waals surface area contributed by atoms with Gasteiger partial charge in [0.2, 0.25) is 0 Å². The van der Waals surface area contributed by atoms with Crippen LogP contribution in [0.4, 0.5) is 0 Å². The Morgan fingerprint density at radius 3 is 0.979 bits per heavy atom. The number of esters is 1. The average molecular weight is 681 g/mol. The van der Waals surface area contributed by atoms with E-state index < -0.39 is 6.10 Å². The number of carbonyl (C=O) groups excluding carboxylic acids is 1. The Kier molecular flexibility index (Phi) is 42.0. The van der Waals surface area contributed by atoms with Crippen molar-refractivity contribution in [3.05, 3.63) is 0 Å². The highest BCUT2D eigenvalue weighted by atomic mass is 16.6. The van der Waals surface area contributed by atoms with E-state index in [2.05, 4.69) is 13.8 Å². The summed E-state index contributed by atoms with van der Waals surface area (Å²) in [5.74, 6) is -0.193. The molecule has 4 heteroatoms. The zero-order valence-electron chi connectivity index (χ0n) is 33.0. The third-order valence-corrected chi connectivity index (χ3v) is 10.2. The molecule has 1 unspecified atom stereocenters. The Bertz CT molecular complexity index is 594. The van der Waals surface area contributed by atoms with Crippen LogP contribution in [0.3, 0.4) is 0 Å². The Hall–Kier alpha value is -0.610. The highest BCUT2D eigenvalue weighted by molar-refractivity contribution is 5.69. The number of unbranched alkanes of at least 4 members (excludes halogenated alkanes) is 34. The first kappa shape index (κ1) is 47.4. The zero-order valence-corrected chi connectivity index (χ0v) is 33.0. The van der Waals surface area contributed by atoms with Crippen LogP contribution < -0.4 is 0 Å². The molecule has 0 fully saturated rings. The molecule has 48 heavy (non-hydrogen) atoms. The zero-order chi connectivity index (χ0) is 34.9. The van der Waals surface area contributed by atoms with Crippen molar-refractivity contribution < 1.29 is 19.4 Å². The summed E-state index contributed by atoms with van der Waals surface area (Å²) in [7, 11) is 0. The van der Waals surface area contributed by atoms with Gasteiger partial charge in [0.1, 0.15) is 6.10 Å². The summed E-state index contributed by atoms with van der Waals surface area (Å²) in [4.78, 5) is 12.2. The molecule has 288 valence electrons. The van der Waals surface area contributed by atoms with Crippen LogP contribution >= 0.6 is 0 Å². The lowest BCUT2D eigenvalue weighted by atomic mass is 10.0. The molecule has 0 saturated heterocycles. The minimum absolute atomic E-state index is 0.163. The van der Waals surface area contributed by atoms with Gasteiger partial charge in [0.25, 0.3) is 0 Å². The highest BCUT2D eigenvalue weighted by Gasteiger charge is 2.13. The fourth-order valence-electron chi connectivity index (χ4n) is 6.86. The number of aliphatic hydroxyl groups excluding tert-OH is 1. The molecular weight excluding hydrogens is 592 g/mol. The molecule has 0 aliphatic rings. The van der Waals surface area contributed by atoms with Crippen LogP contribution in [-0.2, 0) is 14.3 Å². The molecule has 1 N–H and O–H groups in total. The van der Waals surface area contributed by atoms with E-state index in [0.29, 0.717) is 19.6 Å². The minimum atomic E-state index is -0.524. The van der Waals surface area contributed by atoms with E-state index >= 15 is 0 Å². The van der Waals surface area contributed by atoms with Gasteiger partial charge in [0, 0.05) is 13.0 Å². The first-order valence-corrected chi connectivity index (χ1v) is 22.1. The maximum atomic E-state index is 12.2. The predicted octanol–water partition coefficient (Wildman–Crippen LogP) is 14.4. The monoisotopic (exact) mass is 681 g/mol. The van der Waals surface area contributed by atoms with Gasteiger partial charge in [-0.2, -0.15) is 0 Å². The Morgan fingerprint density at radius 2 is 0.688 bits per heavy atom. The maximum Gasteiger partial charge on any atom is 0.306 e. The summed E-state index contributed by atoms with van der Waals surface area (Å²) in [6.45, 7) is 5.39. The molecule has 0 spiro atoms. The van der Waals surface area contributed by atoms with Gasteiger partial charge in [-0.05, 0) is 12.8 Å². The van der Waals surface area contributed by atoms with Crippen LogP contribution in [0.2, 0.25) is 0 Å². The molecule has 0 bridgehead atoms. The van der Waals surface area contributed by atoms with Gasteiger partial charge in [0.05, 0.1) is 13.2 Å². The molecule has 0 aromatic carbocycles. The van der Waals surface area contributed by atoms with E-state index in [4.69, 9.17) is 9.47 Å². The van der Waals surface area contributed by atoms with Crippen molar-refractivity contribution in [2.75, 3.05) is 19.8 Å². The standard InChI is InChI=1S/C44H88O4/c1-3-5-7-9-11-13-15-16-17-18-19-20-21-22-23-24-25-26-27-28-29-31-33-35-37-39-44(46)48-43(41-45)42-47-40-38-36-34-32-30-14-12-10-8-6-4-2/h43,45H,3-42H2,1-2H3. The fourth-order valence-corrected chi connectivity index (χ4v) is 6.86. The number of rotatable bonds is 42. The summed E-state index contributed by atoms with van der Waals surface area (Å²) in [5, 5.41) is 9.57. The largest absolute Gasteiger partial charge is 0.457 e. The van der Waals surface area contributed by atoms with Crippen molar-refractivity contribution in [3.63, 3.8) is 0 Å². The quantitative estimate of drug-likeness (QED) is 0.0515. The summed E-state index contributed by atoms with van der Waals surface area (Å²) < 4.78 is 11.1. The van der Waals surface area contributed by atoms with Crippen molar-refractivity contribution in [3.8, 4) is 0 Å². The number of hydrogen-bond acceptors (Lipinski definition) is 4. The lowest BCUT2D eigenvalue weighted by molar-refractivity contribution is -0.154. The summed E-state index contributed by atoms with van der Waals surface area (Å²) >= 11 is 0. The van der Waals surface area contributed by atoms with Crippen molar-refractivity contribution in [1.29, 1.82) is 0 Å². The van der Waals surface area contributed by atoms with Crippen molar-refractivity contribution in [2.24, 2.45) is 0 Å². The SMILES string of the molecule is CCCCCCCCCCCCCCCCCCCCCCCCCCCC(=O)OC(CO)COCCCCCCCCCCCCC. The average Bonchev–Trinajstić information content (AvgIpc) is 3.09. The number of aliphatic hydroxyl groups is 1. The van der Waals surface area contributed by atoms with Gasteiger partial charge >= 0.3 is 5.97 Å². The first-order chi connectivity index (χ1) is 23.7. The third-order valence-electron chi connectivity index (χ3n) is 10.2. The number of carbonyl (C=O) groups is 1. The summed E-state index contributed by atoms with van der Waals surface area (Å²) in [6, 6.07) is 0. The van der Waals surface area contributed by atoms with Crippen LogP contribution in [-0.4, -0.2) is 37.0 Å². The van der Waals surface area contributed by atoms with Gasteiger partial charge in [0.15, 0.2) is 0 Å². The maximum absolute atomic E-state index is 12.2. The van der Waals surface area contributed by atoms with E-state index in [9.17, 15) is 9.90 Å². The third kappa shape index (κ3) is 39.8. The highest BCUT2D eigenvalue weighted by Crippen LogP contribution is 2.16. The van der Waals surface area contributed by atoms with Crippen LogP contribution in [0.5, 0.6) is 0 Å². The van der Waals surface area contributed by atoms with E-state index in [1.54, 1.807) is 0 Å². The summed E-state index contributed by atoms with van der Waals surface area (Å²) in [6.07, 6.45) is 48.9. The van der Waals surface area contributed by atoms with Gasteiger partial charge in [-0.1, -0.05) is 232 Å². The molecule has 0 aliphatic carbocycles. The summed E-state index contributed by atoms with van der Waals surface area (Å²) in [5.41, 5.74) is 0. The van der Waals surface area contributed by atoms with Crippen LogP contribution in [0.25, 0.3) is 0 Å². The van der Waals surface area contributed by atoms with Crippen molar-refractivity contribution in [2.45, 2.75) is 258 Å². The smallest absolute Gasteiger partial charge is 0.306 e. The number of hydrogen-bond donors (Lipinski definition) is 1. The van der Waals surface area contributed by atoms with Crippen LogP contribution in [0.1, 0.15) is 251 Å². The van der Waals surface area contributed by atoms with Gasteiger partial charge in [-0.15, -0.1) is 0 Å². The van der Waals surface area contributed by atoms with Crippen LogP contribution in [0, 0.1) is 0 Å². The van der Waals surface area contributed by atoms with Crippen molar-refractivity contribution >= 4 is 5.97 Å². The predicted molar refractivity (Wildman–Crippen MR) is 210 cm³/mol. The van der Waals surface area contributed by atoms with Crippen molar-refractivity contribution in [1.82, 2.24) is 0 Å². The Morgan fingerprint density at radius 1 is 0.417 bits per heavy atom. The topological polar surface area (TPSA) is 55.8 Å². The van der Waals surface area contributed by atoms with Gasteiger partial charge < -0.3 is 14.6 Å². The lowest BCUT2D eigenvalue weighted by Crippen LogP contribution is -2.27. The molecule has 0 saturated carbocycles. The molecule has 0 aromatic rings. The van der Waals surface area contributed by atoms with Gasteiger partial charge in [-0.25, -0.2) is 0 Å². The second-order valence-electron chi connectivity index (χ2n) is 15.1. The first-order valence-electron chi connectivity index (χ1n) is 22.1. The molecule has 0 rings (SSSR count). The molecule has 1 atom stereocenters. The molecular formula is C44H88O4. The van der Waals surface area contributed by atoms with E-state index in [0.717, 1.165) is 19.3 Å². The van der Waals surface area contributed by atoms with E-state index in [1.807, 2.05) is 0 Å². The second-order valence-corrected chi connectivity index (χ2v) is 15.1. The molecule has 0 aromatic heterocycles. The minimum Gasteiger partial charge on any atom is -0.457 e. The second kappa shape index (κ2) is 42.6. The van der Waals surface area contributed by atoms with E-state index in [1.165, 1.54) is 212 Å².